The molecular weight excluding hydrogens is 1020 g/mol. The number of ether oxygens (including phenoxy) is 3. The molecule has 0 amide bonds. The SMILES string of the molecule is CC/C=C\C/C=C\C/C=C\CCCCCCCCCC(=O)OCC(COC(=O)CCCCCCCCCCCCCCCCCCCCCCCCCCCCCCCCC)OC(=O)CCCCCCCCC/C=C\C/C=C\C/C=C\CC. The third-order valence-electron chi connectivity index (χ3n) is 16.2. The lowest BCUT2D eigenvalue weighted by molar-refractivity contribution is -0.167. The molecule has 0 aliphatic heterocycles. The highest BCUT2D eigenvalue weighted by molar-refractivity contribution is 5.71. The third-order valence-corrected chi connectivity index (χ3v) is 16.2. The van der Waals surface area contributed by atoms with Crippen molar-refractivity contribution >= 4 is 17.9 Å². The first-order valence-corrected chi connectivity index (χ1v) is 36.4. The first-order chi connectivity index (χ1) is 41.0. The van der Waals surface area contributed by atoms with Crippen molar-refractivity contribution in [1.82, 2.24) is 0 Å². The van der Waals surface area contributed by atoms with Gasteiger partial charge in [-0.15, -0.1) is 0 Å². The monoisotopic (exact) mass is 1160 g/mol. The highest BCUT2D eigenvalue weighted by Crippen LogP contribution is 2.19. The van der Waals surface area contributed by atoms with E-state index in [9.17, 15) is 14.4 Å². The summed E-state index contributed by atoms with van der Waals surface area (Å²) in [5.41, 5.74) is 0. The van der Waals surface area contributed by atoms with Crippen LogP contribution in [-0.2, 0) is 28.6 Å². The average molecular weight is 1160 g/mol. The van der Waals surface area contributed by atoms with Gasteiger partial charge in [-0.3, -0.25) is 14.4 Å². The number of esters is 3. The van der Waals surface area contributed by atoms with Gasteiger partial charge in [-0.05, 0) is 83.5 Å². The van der Waals surface area contributed by atoms with Crippen LogP contribution in [0.15, 0.2) is 72.9 Å². The van der Waals surface area contributed by atoms with E-state index in [-0.39, 0.29) is 31.1 Å². The summed E-state index contributed by atoms with van der Waals surface area (Å²) >= 11 is 0. The van der Waals surface area contributed by atoms with Gasteiger partial charge in [0.1, 0.15) is 13.2 Å². The Morgan fingerprint density at radius 1 is 0.253 bits per heavy atom. The molecule has 0 aromatic carbocycles. The lowest BCUT2D eigenvalue weighted by Crippen LogP contribution is -2.30. The highest BCUT2D eigenvalue weighted by Gasteiger charge is 2.19. The smallest absolute Gasteiger partial charge is 0.306 e. The van der Waals surface area contributed by atoms with Crippen molar-refractivity contribution in [3.63, 3.8) is 0 Å². The van der Waals surface area contributed by atoms with Crippen molar-refractivity contribution in [2.24, 2.45) is 0 Å². The molecule has 0 heterocycles. The summed E-state index contributed by atoms with van der Waals surface area (Å²) < 4.78 is 17.0. The van der Waals surface area contributed by atoms with Gasteiger partial charge in [0.2, 0.25) is 0 Å². The largest absolute Gasteiger partial charge is 0.462 e. The first-order valence-electron chi connectivity index (χ1n) is 36.4. The molecule has 0 aliphatic carbocycles. The van der Waals surface area contributed by atoms with E-state index < -0.39 is 6.10 Å². The van der Waals surface area contributed by atoms with Gasteiger partial charge >= 0.3 is 17.9 Å². The minimum Gasteiger partial charge on any atom is -0.462 e. The standard InChI is InChI=1S/C77H138O6/c1-4-7-10-13-16-19-22-25-28-31-32-33-34-35-36-37-38-39-40-41-42-43-44-47-49-52-55-58-61-64-67-70-76(79)82-73-74(83-77(80)71-68-65-62-59-56-53-50-46-30-27-24-21-18-15-12-9-6-3)72-81-75(78)69-66-63-60-57-54-51-48-45-29-26-23-20-17-14-11-8-5-2/h8-9,11-12,17-18,20-21,26-27,29-30,74H,4-7,10,13-16,19,22-25,28,31-73H2,1-3H3/b11-8-,12-9-,20-17-,21-18-,29-26-,30-27-. The molecule has 0 aromatic rings. The second-order valence-corrected chi connectivity index (χ2v) is 24.4. The molecule has 0 saturated carbocycles. The van der Waals surface area contributed by atoms with Crippen molar-refractivity contribution in [2.45, 2.75) is 386 Å². The summed E-state index contributed by atoms with van der Waals surface area (Å²) in [5.74, 6) is -0.879. The number of hydrogen-bond acceptors (Lipinski definition) is 6. The minimum absolute atomic E-state index is 0.0796. The van der Waals surface area contributed by atoms with E-state index in [4.69, 9.17) is 14.2 Å². The van der Waals surface area contributed by atoms with Gasteiger partial charge in [-0.1, -0.05) is 351 Å². The third kappa shape index (κ3) is 69.5. The lowest BCUT2D eigenvalue weighted by atomic mass is 10.0. The Labute approximate surface area is 516 Å². The van der Waals surface area contributed by atoms with E-state index in [2.05, 4.69) is 93.7 Å². The number of allylic oxidation sites excluding steroid dienone is 12. The van der Waals surface area contributed by atoms with Crippen LogP contribution in [0.2, 0.25) is 0 Å². The van der Waals surface area contributed by atoms with E-state index in [0.29, 0.717) is 19.3 Å². The Morgan fingerprint density at radius 2 is 0.470 bits per heavy atom. The fourth-order valence-electron chi connectivity index (χ4n) is 10.8. The summed E-state index contributed by atoms with van der Waals surface area (Å²) in [4.78, 5) is 38.5. The quantitative estimate of drug-likeness (QED) is 0.0261. The average Bonchev–Trinajstić information content (AvgIpc) is 3.50. The van der Waals surface area contributed by atoms with Crippen LogP contribution in [-0.4, -0.2) is 37.2 Å². The van der Waals surface area contributed by atoms with Crippen molar-refractivity contribution in [3.05, 3.63) is 72.9 Å². The molecule has 0 fully saturated rings. The number of unbranched alkanes of at least 4 members (excludes halogenated alkanes) is 44. The van der Waals surface area contributed by atoms with Crippen LogP contribution in [0.5, 0.6) is 0 Å². The fraction of sp³-hybridized carbons (Fsp3) is 0.805. The Kier molecular flexibility index (Phi) is 68.6. The molecule has 0 bridgehead atoms. The van der Waals surface area contributed by atoms with Crippen molar-refractivity contribution in [2.75, 3.05) is 13.2 Å². The molecule has 83 heavy (non-hydrogen) atoms. The van der Waals surface area contributed by atoms with E-state index in [1.54, 1.807) is 0 Å². The molecule has 0 aromatic heterocycles. The number of carbonyl (C=O) groups is 3. The summed E-state index contributed by atoms with van der Waals surface area (Å²) in [6.45, 7) is 6.46. The zero-order chi connectivity index (χ0) is 59.9. The molecule has 6 nitrogen and oxygen atoms in total. The van der Waals surface area contributed by atoms with Gasteiger partial charge in [-0.25, -0.2) is 0 Å². The van der Waals surface area contributed by atoms with Gasteiger partial charge in [0.15, 0.2) is 6.10 Å². The van der Waals surface area contributed by atoms with Crippen molar-refractivity contribution in [3.8, 4) is 0 Å². The summed E-state index contributed by atoms with van der Waals surface area (Å²) in [6.07, 6.45) is 93.8. The molecule has 0 radical (unpaired) electrons. The van der Waals surface area contributed by atoms with E-state index in [0.717, 1.165) is 109 Å². The molecule has 0 saturated heterocycles. The molecule has 0 spiro atoms. The topological polar surface area (TPSA) is 78.9 Å². The second-order valence-electron chi connectivity index (χ2n) is 24.4. The van der Waals surface area contributed by atoms with Crippen LogP contribution >= 0.6 is 0 Å². The number of rotatable bonds is 67. The van der Waals surface area contributed by atoms with Gasteiger partial charge in [0.25, 0.3) is 0 Å². The zero-order valence-electron chi connectivity index (χ0n) is 55.5. The molecule has 0 N–H and O–H groups in total. The van der Waals surface area contributed by atoms with Crippen LogP contribution in [0.3, 0.4) is 0 Å². The van der Waals surface area contributed by atoms with E-state index in [1.165, 1.54) is 231 Å². The van der Waals surface area contributed by atoms with Gasteiger partial charge in [0, 0.05) is 19.3 Å². The van der Waals surface area contributed by atoms with Crippen molar-refractivity contribution in [1.29, 1.82) is 0 Å². The molecule has 0 aliphatic rings. The second kappa shape index (κ2) is 71.3. The van der Waals surface area contributed by atoms with E-state index >= 15 is 0 Å². The molecule has 6 heteroatoms. The van der Waals surface area contributed by atoms with Crippen LogP contribution in [0, 0.1) is 0 Å². The highest BCUT2D eigenvalue weighted by atomic mass is 16.6. The number of carbonyl (C=O) groups excluding carboxylic acids is 3. The summed E-state index contributed by atoms with van der Waals surface area (Å²) in [5, 5.41) is 0. The maximum Gasteiger partial charge on any atom is 0.306 e. The maximum absolute atomic E-state index is 12.9. The van der Waals surface area contributed by atoms with Crippen LogP contribution in [0.1, 0.15) is 380 Å². The lowest BCUT2D eigenvalue weighted by Gasteiger charge is -2.18. The van der Waals surface area contributed by atoms with Crippen LogP contribution in [0.25, 0.3) is 0 Å². The summed E-state index contributed by atoms with van der Waals surface area (Å²) in [6, 6.07) is 0. The minimum atomic E-state index is -0.786. The van der Waals surface area contributed by atoms with Crippen LogP contribution < -0.4 is 0 Å². The first kappa shape index (κ1) is 79.8. The Bertz CT molecular complexity index is 1520. The van der Waals surface area contributed by atoms with Crippen LogP contribution in [0.4, 0.5) is 0 Å². The molecular formula is C77H138O6. The molecule has 1 atom stereocenters. The summed E-state index contributed by atoms with van der Waals surface area (Å²) in [7, 11) is 0. The predicted molar refractivity (Wildman–Crippen MR) is 362 cm³/mol. The van der Waals surface area contributed by atoms with Gasteiger partial charge in [-0.2, -0.15) is 0 Å². The van der Waals surface area contributed by atoms with Gasteiger partial charge < -0.3 is 14.2 Å². The maximum atomic E-state index is 12.9. The van der Waals surface area contributed by atoms with Crippen molar-refractivity contribution < 1.29 is 28.6 Å². The molecule has 482 valence electrons. The molecule has 1 unspecified atom stereocenters. The predicted octanol–water partition coefficient (Wildman–Crippen LogP) is 25.2. The van der Waals surface area contributed by atoms with Gasteiger partial charge in [0.05, 0.1) is 0 Å². The molecule has 0 rings (SSSR count). The fourth-order valence-corrected chi connectivity index (χ4v) is 10.8. The normalized spacial score (nSPS) is 12.5. The Hall–Kier alpha value is -3.15. The van der Waals surface area contributed by atoms with E-state index in [1.807, 2.05) is 0 Å². The Morgan fingerprint density at radius 3 is 0.735 bits per heavy atom. The Balaban J connectivity index is 4.20. The zero-order valence-corrected chi connectivity index (χ0v) is 55.5. The number of hydrogen-bond donors (Lipinski definition) is 0.